The fourth-order valence-corrected chi connectivity index (χ4v) is 3.02. The summed E-state index contributed by atoms with van der Waals surface area (Å²) in [5.74, 6) is 1.04. The van der Waals surface area contributed by atoms with Gasteiger partial charge in [-0.05, 0) is 42.2 Å². The summed E-state index contributed by atoms with van der Waals surface area (Å²) in [6, 6.07) is 13.3. The van der Waals surface area contributed by atoms with E-state index in [0.29, 0.717) is 5.92 Å². The number of hydrogen-bond acceptors (Lipinski definition) is 4. The molecule has 1 atom stereocenters. The van der Waals surface area contributed by atoms with Crippen molar-refractivity contribution >= 4 is 16.1 Å². The van der Waals surface area contributed by atoms with Gasteiger partial charge in [-0.3, -0.25) is 0 Å². The van der Waals surface area contributed by atoms with Gasteiger partial charge in [-0.15, -0.1) is 0 Å². The second kappa shape index (κ2) is 8.88. The Morgan fingerprint density at radius 1 is 1.07 bits per heavy atom. The van der Waals surface area contributed by atoms with E-state index in [1.807, 2.05) is 24.3 Å². The van der Waals surface area contributed by atoms with E-state index in [0.717, 1.165) is 16.9 Å². The lowest BCUT2D eigenvalue weighted by atomic mass is 10.0. The van der Waals surface area contributed by atoms with Crippen LogP contribution in [0.4, 0.5) is 4.79 Å². The van der Waals surface area contributed by atoms with E-state index in [-0.39, 0.29) is 17.5 Å². The van der Waals surface area contributed by atoms with Crippen LogP contribution >= 0.6 is 0 Å². The van der Waals surface area contributed by atoms with E-state index < -0.39 is 16.3 Å². The van der Waals surface area contributed by atoms with Gasteiger partial charge in [0.15, 0.2) is 6.23 Å². The summed E-state index contributed by atoms with van der Waals surface area (Å²) >= 11 is 0. The number of carbonyl (C=O) groups is 1. The van der Waals surface area contributed by atoms with E-state index in [9.17, 15) is 13.2 Å². The number of nitrogens with two attached hydrogens (primary N) is 1. The van der Waals surface area contributed by atoms with Gasteiger partial charge in [0.05, 0.1) is 4.90 Å². The fourth-order valence-electron chi connectivity index (χ4n) is 2.50. The fraction of sp³-hybridized carbons (Fsp3) is 0.316. The maximum atomic E-state index is 12.0. The number of carbonyl (C=O) groups excluding carboxylic acids is 1. The van der Waals surface area contributed by atoms with Crippen LogP contribution in [0, 0.1) is 0 Å². The van der Waals surface area contributed by atoms with E-state index in [1.165, 1.54) is 12.1 Å². The zero-order valence-corrected chi connectivity index (χ0v) is 16.4. The van der Waals surface area contributed by atoms with Crippen LogP contribution < -0.4 is 20.5 Å². The largest absolute Gasteiger partial charge is 0.471 e. The van der Waals surface area contributed by atoms with Crippen LogP contribution in [0.3, 0.4) is 0 Å². The quantitative estimate of drug-likeness (QED) is 0.630. The highest BCUT2D eigenvalue weighted by Crippen LogP contribution is 2.26. The molecular weight excluding hydrogens is 366 g/mol. The van der Waals surface area contributed by atoms with E-state index in [4.69, 9.17) is 9.88 Å². The van der Waals surface area contributed by atoms with Crippen molar-refractivity contribution in [1.82, 2.24) is 10.6 Å². The lowest BCUT2D eigenvalue weighted by molar-refractivity contribution is 0.175. The molecule has 2 rings (SSSR count). The van der Waals surface area contributed by atoms with Gasteiger partial charge in [-0.25, -0.2) is 18.4 Å². The van der Waals surface area contributed by atoms with Gasteiger partial charge < -0.3 is 15.4 Å². The number of primary sulfonamides is 1. The maximum Gasteiger partial charge on any atom is 0.317 e. The first-order chi connectivity index (χ1) is 12.7. The third-order valence-corrected chi connectivity index (χ3v) is 4.81. The Morgan fingerprint density at radius 2 is 1.70 bits per heavy atom. The normalized spacial score (nSPS) is 12.5. The number of para-hydroxylation sites is 1. The summed E-state index contributed by atoms with van der Waals surface area (Å²) in [7, 11) is -3.72. The Hall–Kier alpha value is -2.58. The third kappa shape index (κ3) is 6.26. The summed E-state index contributed by atoms with van der Waals surface area (Å²) in [5, 5.41) is 10.5. The molecule has 0 aliphatic rings. The first kappa shape index (κ1) is 20.7. The van der Waals surface area contributed by atoms with Gasteiger partial charge in [-0.1, -0.05) is 44.2 Å². The van der Waals surface area contributed by atoms with Crippen LogP contribution in [0.1, 0.15) is 37.8 Å². The van der Waals surface area contributed by atoms with Gasteiger partial charge in [-0.2, -0.15) is 0 Å². The highest BCUT2D eigenvalue weighted by Gasteiger charge is 2.13. The molecule has 1 unspecified atom stereocenters. The average Bonchev–Trinajstić information content (AvgIpc) is 2.59. The zero-order valence-electron chi connectivity index (χ0n) is 15.6. The average molecular weight is 391 g/mol. The molecule has 0 aliphatic carbocycles. The molecule has 0 bridgehead atoms. The number of ether oxygens (including phenoxy) is 1. The van der Waals surface area contributed by atoms with Crippen molar-refractivity contribution in [2.75, 3.05) is 0 Å². The molecule has 2 amide bonds. The third-order valence-electron chi connectivity index (χ3n) is 3.88. The molecule has 0 aliphatic heterocycles. The van der Waals surface area contributed by atoms with E-state index in [1.54, 1.807) is 19.1 Å². The van der Waals surface area contributed by atoms with Gasteiger partial charge in [0.1, 0.15) is 5.75 Å². The van der Waals surface area contributed by atoms with Crippen LogP contribution in [0.5, 0.6) is 5.75 Å². The second-order valence-electron chi connectivity index (χ2n) is 6.47. The Balaban J connectivity index is 1.87. The van der Waals surface area contributed by atoms with Crippen molar-refractivity contribution in [3.05, 3.63) is 59.7 Å². The number of sulfonamides is 1. The molecule has 0 heterocycles. The van der Waals surface area contributed by atoms with Crippen LogP contribution in [0.15, 0.2) is 53.4 Å². The van der Waals surface area contributed by atoms with Crippen LogP contribution in [-0.2, 0) is 16.6 Å². The van der Waals surface area contributed by atoms with Gasteiger partial charge in [0.2, 0.25) is 10.0 Å². The predicted molar refractivity (Wildman–Crippen MR) is 104 cm³/mol. The van der Waals surface area contributed by atoms with Crippen LogP contribution in [-0.4, -0.2) is 20.7 Å². The molecule has 7 nitrogen and oxygen atoms in total. The van der Waals surface area contributed by atoms with Crippen molar-refractivity contribution in [1.29, 1.82) is 0 Å². The topological polar surface area (TPSA) is 111 Å². The summed E-state index contributed by atoms with van der Waals surface area (Å²) in [6.45, 7) is 6.14. The molecule has 146 valence electrons. The smallest absolute Gasteiger partial charge is 0.317 e. The molecule has 0 fully saturated rings. The summed E-state index contributed by atoms with van der Waals surface area (Å²) < 4.78 is 28.3. The monoisotopic (exact) mass is 391 g/mol. The molecular formula is C19H25N3O4S. The second-order valence-corrected chi connectivity index (χ2v) is 8.03. The minimum absolute atomic E-state index is 0.0292. The number of amides is 2. The van der Waals surface area contributed by atoms with Crippen molar-refractivity contribution in [3.63, 3.8) is 0 Å². The molecule has 0 saturated heterocycles. The van der Waals surface area contributed by atoms with E-state index >= 15 is 0 Å². The molecule has 0 radical (unpaired) electrons. The predicted octanol–water partition coefficient (Wildman–Crippen LogP) is 2.68. The lowest BCUT2D eigenvalue weighted by Crippen LogP contribution is -2.43. The molecule has 0 spiro atoms. The summed E-state index contributed by atoms with van der Waals surface area (Å²) in [4.78, 5) is 12.1. The molecule has 8 heteroatoms. The minimum Gasteiger partial charge on any atom is -0.471 e. The van der Waals surface area contributed by atoms with Crippen molar-refractivity contribution < 1.29 is 17.9 Å². The zero-order chi connectivity index (χ0) is 20.0. The Morgan fingerprint density at radius 3 is 2.30 bits per heavy atom. The molecule has 2 aromatic rings. The summed E-state index contributed by atoms with van der Waals surface area (Å²) in [6.07, 6.45) is -0.519. The molecule has 0 aromatic heterocycles. The number of urea groups is 1. The standard InChI is InChI=1S/C19H25N3O4S/c1-13(2)17-6-4-5-7-18(17)26-14(3)22-19(23)21-12-15-8-10-16(11-9-15)27(20,24)25/h4-11,13-14H,12H2,1-3H3,(H2,20,24,25)(H2,21,22,23). The molecule has 0 saturated carbocycles. The molecule has 2 aromatic carbocycles. The number of nitrogens with one attached hydrogen (secondary N) is 2. The van der Waals surface area contributed by atoms with Crippen molar-refractivity contribution in [2.24, 2.45) is 5.14 Å². The first-order valence-corrected chi connectivity index (χ1v) is 10.1. The Kier molecular flexibility index (Phi) is 6.81. The highest BCUT2D eigenvalue weighted by atomic mass is 32.2. The number of rotatable bonds is 7. The Labute approximate surface area is 160 Å². The van der Waals surface area contributed by atoms with Gasteiger partial charge >= 0.3 is 6.03 Å². The van der Waals surface area contributed by atoms with Crippen LogP contribution in [0.25, 0.3) is 0 Å². The first-order valence-electron chi connectivity index (χ1n) is 8.58. The lowest BCUT2D eigenvalue weighted by Gasteiger charge is -2.20. The van der Waals surface area contributed by atoms with Gasteiger partial charge in [0, 0.05) is 6.54 Å². The molecule has 27 heavy (non-hydrogen) atoms. The highest BCUT2D eigenvalue weighted by molar-refractivity contribution is 7.89. The maximum absolute atomic E-state index is 12.0. The van der Waals surface area contributed by atoms with Crippen LogP contribution in [0.2, 0.25) is 0 Å². The number of hydrogen-bond donors (Lipinski definition) is 3. The minimum atomic E-state index is -3.72. The SMILES string of the molecule is CC(NC(=O)NCc1ccc(S(N)(=O)=O)cc1)Oc1ccccc1C(C)C. The number of benzene rings is 2. The van der Waals surface area contributed by atoms with Gasteiger partial charge in [0.25, 0.3) is 0 Å². The van der Waals surface area contributed by atoms with E-state index in [2.05, 4.69) is 24.5 Å². The van der Waals surface area contributed by atoms with Crippen molar-refractivity contribution in [2.45, 2.75) is 44.4 Å². The van der Waals surface area contributed by atoms with Crippen molar-refractivity contribution in [3.8, 4) is 5.75 Å². The summed E-state index contributed by atoms with van der Waals surface area (Å²) in [5.41, 5.74) is 1.82. The molecule has 4 N–H and O–H groups in total. The Bertz CT molecular complexity index is 880.